The number of phenols is 1. The average molecular weight is 316 g/mol. The van der Waals surface area contributed by atoms with Crippen LogP contribution in [0.15, 0.2) is 29.6 Å². The van der Waals surface area contributed by atoms with E-state index in [1.165, 1.54) is 35.6 Å². The van der Waals surface area contributed by atoms with E-state index in [4.69, 9.17) is 10.00 Å². The summed E-state index contributed by atoms with van der Waals surface area (Å²) in [5, 5.41) is 20.5. The number of carbonyl (C=O) groups is 2. The quantitative estimate of drug-likeness (QED) is 0.849. The van der Waals surface area contributed by atoms with Crippen molar-refractivity contribution in [2.24, 2.45) is 0 Å². The molecule has 0 spiro atoms. The predicted octanol–water partition coefficient (Wildman–Crippen LogP) is 2.19. The van der Waals surface area contributed by atoms with Gasteiger partial charge in [-0.15, -0.1) is 11.3 Å². The maximum atomic E-state index is 12.0. The molecule has 0 saturated carbocycles. The van der Waals surface area contributed by atoms with E-state index in [0.717, 1.165) is 5.69 Å². The molecule has 112 valence electrons. The van der Waals surface area contributed by atoms with Gasteiger partial charge in [-0.1, -0.05) is 6.07 Å². The summed E-state index contributed by atoms with van der Waals surface area (Å²) in [7, 11) is 0. The van der Waals surface area contributed by atoms with Crippen LogP contribution in [0.4, 0.5) is 0 Å². The first-order valence-corrected chi connectivity index (χ1v) is 7.19. The van der Waals surface area contributed by atoms with Crippen LogP contribution in [0.1, 0.15) is 27.0 Å². The zero-order valence-corrected chi connectivity index (χ0v) is 12.5. The summed E-state index contributed by atoms with van der Waals surface area (Å²) in [4.78, 5) is 27.9. The third kappa shape index (κ3) is 3.68. The summed E-state index contributed by atoms with van der Waals surface area (Å²) in [5.74, 6) is -2.40. The van der Waals surface area contributed by atoms with Crippen molar-refractivity contribution in [3.05, 3.63) is 45.9 Å². The molecule has 0 saturated heterocycles. The Bertz CT molecular complexity index is 748. The fourth-order valence-corrected chi connectivity index (χ4v) is 2.57. The minimum atomic E-state index is -1.05. The Hall–Kier alpha value is -2.72. The van der Waals surface area contributed by atoms with Gasteiger partial charge in [0.25, 0.3) is 0 Å². The highest BCUT2D eigenvalue weighted by Crippen LogP contribution is 2.21. The number of nitrogens with zero attached hydrogens (tertiary/aromatic N) is 2. The number of phenolic OH excluding ortho intramolecular Hbond substituents is 1. The number of ether oxygens (including phenoxy) is 1. The van der Waals surface area contributed by atoms with Gasteiger partial charge in [-0.3, -0.25) is 4.79 Å². The van der Waals surface area contributed by atoms with Crippen molar-refractivity contribution in [2.75, 3.05) is 6.61 Å². The van der Waals surface area contributed by atoms with Crippen LogP contribution in [-0.2, 0) is 9.53 Å². The van der Waals surface area contributed by atoms with Gasteiger partial charge in [0.1, 0.15) is 10.8 Å². The zero-order chi connectivity index (χ0) is 16.1. The van der Waals surface area contributed by atoms with Crippen LogP contribution < -0.4 is 0 Å². The van der Waals surface area contributed by atoms with E-state index < -0.39 is 24.3 Å². The molecule has 0 amide bonds. The van der Waals surface area contributed by atoms with E-state index in [1.54, 1.807) is 12.3 Å². The maximum Gasteiger partial charge on any atom is 0.338 e. The number of nitriles is 1. The molecule has 0 aliphatic heterocycles. The van der Waals surface area contributed by atoms with Crippen LogP contribution in [0.5, 0.6) is 5.75 Å². The molecule has 2 aromatic rings. The van der Waals surface area contributed by atoms with Crippen LogP contribution in [0.3, 0.4) is 0 Å². The Morgan fingerprint density at radius 2 is 2.27 bits per heavy atom. The van der Waals surface area contributed by atoms with Gasteiger partial charge in [-0.05, 0) is 25.1 Å². The molecule has 1 aromatic heterocycles. The van der Waals surface area contributed by atoms with Gasteiger partial charge in [0.2, 0.25) is 0 Å². The second-order valence-corrected chi connectivity index (χ2v) is 5.37. The third-order valence-corrected chi connectivity index (χ3v) is 3.79. The third-order valence-electron chi connectivity index (χ3n) is 2.76. The molecule has 1 N–H and O–H groups in total. The number of rotatable bonds is 5. The molecule has 0 bridgehead atoms. The minimum absolute atomic E-state index is 0.0751. The second-order valence-electron chi connectivity index (χ2n) is 4.48. The number of ketones is 1. The van der Waals surface area contributed by atoms with Crippen molar-refractivity contribution in [2.45, 2.75) is 12.8 Å². The largest absolute Gasteiger partial charge is 0.508 e. The van der Waals surface area contributed by atoms with Crippen molar-refractivity contribution in [1.29, 1.82) is 5.26 Å². The SMILES string of the molecule is Cc1csc([C@H](C#N)C(=O)COC(=O)c2cccc(O)c2)n1. The fourth-order valence-electron chi connectivity index (χ4n) is 1.71. The molecular formula is C15H12N2O4S. The molecule has 0 unspecified atom stereocenters. The molecule has 1 atom stereocenters. The normalized spacial score (nSPS) is 11.5. The van der Waals surface area contributed by atoms with Crippen LogP contribution in [0.25, 0.3) is 0 Å². The van der Waals surface area contributed by atoms with Gasteiger partial charge >= 0.3 is 5.97 Å². The number of benzene rings is 1. The van der Waals surface area contributed by atoms with E-state index in [9.17, 15) is 14.7 Å². The van der Waals surface area contributed by atoms with Crippen molar-refractivity contribution in [3.8, 4) is 11.8 Å². The lowest BCUT2D eigenvalue weighted by Crippen LogP contribution is -2.19. The number of Topliss-reactive ketones (excluding diaryl/α,β-unsaturated/α-hetero) is 1. The van der Waals surface area contributed by atoms with Crippen molar-refractivity contribution in [3.63, 3.8) is 0 Å². The Labute approximate surface area is 130 Å². The Balaban J connectivity index is 2.00. The summed E-state index contributed by atoms with van der Waals surface area (Å²) in [6.07, 6.45) is 0. The molecule has 1 aromatic carbocycles. The number of aromatic hydroxyl groups is 1. The highest BCUT2D eigenvalue weighted by molar-refractivity contribution is 7.09. The molecule has 7 heteroatoms. The summed E-state index contributed by atoms with van der Waals surface area (Å²) in [5.41, 5.74) is 0.858. The van der Waals surface area contributed by atoms with E-state index in [-0.39, 0.29) is 11.3 Å². The highest BCUT2D eigenvalue weighted by Gasteiger charge is 2.24. The number of hydrogen-bond donors (Lipinski definition) is 1. The maximum absolute atomic E-state index is 12.0. The standard InChI is InChI=1S/C15H12N2O4S/c1-9-8-22-14(17-9)12(6-16)13(19)7-21-15(20)10-3-2-4-11(18)5-10/h2-5,8,12,18H,7H2,1H3/t12-/m1/s1. The van der Waals surface area contributed by atoms with E-state index >= 15 is 0 Å². The Morgan fingerprint density at radius 3 is 2.86 bits per heavy atom. The van der Waals surface area contributed by atoms with E-state index in [2.05, 4.69) is 4.98 Å². The topological polar surface area (TPSA) is 100 Å². The lowest BCUT2D eigenvalue weighted by atomic mass is 10.1. The van der Waals surface area contributed by atoms with Crippen LogP contribution >= 0.6 is 11.3 Å². The van der Waals surface area contributed by atoms with Crippen molar-refractivity contribution in [1.82, 2.24) is 4.98 Å². The second kappa shape index (κ2) is 6.83. The lowest BCUT2D eigenvalue weighted by Gasteiger charge is -2.07. The summed E-state index contributed by atoms with van der Waals surface area (Å²) < 4.78 is 4.88. The number of aryl methyl sites for hydroxylation is 1. The minimum Gasteiger partial charge on any atom is -0.508 e. The number of aromatic nitrogens is 1. The van der Waals surface area contributed by atoms with Crippen molar-refractivity contribution >= 4 is 23.1 Å². The first kappa shape index (κ1) is 15.7. The van der Waals surface area contributed by atoms with E-state index in [1.807, 2.05) is 6.07 Å². The molecule has 2 rings (SSSR count). The summed E-state index contributed by atoms with van der Waals surface area (Å²) in [6.45, 7) is 1.24. The lowest BCUT2D eigenvalue weighted by molar-refractivity contribution is -0.122. The molecule has 0 aliphatic rings. The monoisotopic (exact) mass is 316 g/mol. The molecule has 22 heavy (non-hydrogen) atoms. The van der Waals surface area contributed by atoms with Gasteiger partial charge in [-0.2, -0.15) is 5.26 Å². The summed E-state index contributed by atoms with van der Waals surface area (Å²) >= 11 is 1.22. The fraction of sp³-hybridized carbons (Fsp3) is 0.200. The molecule has 6 nitrogen and oxygen atoms in total. The van der Waals surface area contributed by atoms with Gasteiger partial charge in [0.15, 0.2) is 18.3 Å². The highest BCUT2D eigenvalue weighted by atomic mass is 32.1. The molecule has 0 fully saturated rings. The first-order chi connectivity index (χ1) is 10.5. The van der Waals surface area contributed by atoms with Crippen LogP contribution in [0, 0.1) is 18.3 Å². The molecule has 1 heterocycles. The van der Waals surface area contributed by atoms with Crippen LogP contribution in [0.2, 0.25) is 0 Å². The number of hydrogen-bond acceptors (Lipinski definition) is 7. The van der Waals surface area contributed by atoms with Gasteiger partial charge < -0.3 is 9.84 Å². The van der Waals surface area contributed by atoms with Gasteiger partial charge in [0.05, 0.1) is 11.6 Å². The number of thiazole rings is 1. The summed E-state index contributed by atoms with van der Waals surface area (Å²) in [6, 6.07) is 7.47. The smallest absolute Gasteiger partial charge is 0.338 e. The van der Waals surface area contributed by atoms with Gasteiger partial charge in [-0.25, -0.2) is 9.78 Å². The van der Waals surface area contributed by atoms with Crippen LogP contribution in [-0.4, -0.2) is 28.4 Å². The Morgan fingerprint density at radius 1 is 1.50 bits per heavy atom. The van der Waals surface area contributed by atoms with E-state index in [0.29, 0.717) is 5.01 Å². The zero-order valence-electron chi connectivity index (χ0n) is 11.6. The molecular weight excluding hydrogens is 304 g/mol. The Kier molecular flexibility index (Phi) is 4.86. The molecule has 0 radical (unpaired) electrons. The number of carbonyl (C=O) groups excluding carboxylic acids is 2. The molecule has 0 aliphatic carbocycles. The van der Waals surface area contributed by atoms with Crippen molar-refractivity contribution < 1.29 is 19.4 Å². The number of esters is 1. The predicted molar refractivity (Wildman–Crippen MR) is 78.6 cm³/mol. The average Bonchev–Trinajstić information content (AvgIpc) is 2.91. The first-order valence-electron chi connectivity index (χ1n) is 6.31. The van der Waals surface area contributed by atoms with Gasteiger partial charge in [0, 0.05) is 11.1 Å².